The zero-order chi connectivity index (χ0) is 13.2. The van der Waals surface area contributed by atoms with Crippen molar-refractivity contribution in [3.63, 3.8) is 0 Å². The van der Waals surface area contributed by atoms with Gasteiger partial charge in [0.2, 0.25) is 5.91 Å². The van der Waals surface area contributed by atoms with Crippen molar-refractivity contribution in [1.29, 1.82) is 5.26 Å². The molecule has 1 aromatic heterocycles. The number of nitriles is 1. The van der Waals surface area contributed by atoms with Gasteiger partial charge in [0.25, 0.3) is 0 Å². The van der Waals surface area contributed by atoms with Gasteiger partial charge in [-0.05, 0) is 11.8 Å². The van der Waals surface area contributed by atoms with E-state index in [1.807, 2.05) is 0 Å². The third-order valence-corrected chi connectivity index (χ3v) is 2.67. The van der Waals surface area contributed by atoms with Crippen LogP contribution in [0.25, 0.3) is 0 Å². The van der Waals surface area contributed by atoms with E-state index >= 15 is 0 Å². The van der Waals surface area contributed by atoms with Crippen molar-refractivity contribution < 1.29 is 18.0 Å². The summed E-state index contributed by atoms with van der Waals surface area (Å²) in [5.41, 5.74) is -4.93. The van der Waals surface area contributed by atoms with Gasteiger partial charge in [0.1, 0.15) is 22.6 Å². The van der Waals surface area contributed by atoms with Crippen molar-refractivity contribution in [3.05, 3.63) is 10.7 Å². The van der Waals surface area contributed by atoms with Crippen molar-refractivity contribution in [2.24, 2.45) is 0 Å². The molecule has 1 rings (SSSR count). The molecule has 2 N–H and O–H groups in total. The second kappa shape index (κ2) is 4.89. The number of aromatic nitrogens is 1. The van der Waals surface area contributed by atoms with Crippen LogP contribution >= 0.6 is 23.4 Å². The summed E-state index contributed by atoms with van der Waals surface area (Å²) in [4.78, 5) is 12.7. The summed E-state index contributed by atoms with van der Waals surface area (Å²) in [6.07, 6.45) is 0. The molecule has 0 aliphatic heterocycles. The normalized spacial score (nSPS) is 11.1. The maximum atomic E-state index is 12.3. The van der Waals surface area contributed by atoms with Crippen LogP contribution in [0, 0.1) is 11.3 Å². The van der Waals surface area contributed by atoms with Gasteiger partial charge in [-0.2, -0.15) is 18.4 Å². The van der Waals surface area contributed by atoms with Gasteiger partial charge in [0.05, 0.1) is 4.90 Å². The highest BCUT2D eigenvalue weighted by Gasteiger charge is 2.34. The second-order valence-corrected chi connectivity index (χ2v) is 4.31. The SMILES string of the molecule is CC(=O)Nc1[nH]c(Cl)c(C#N)c1SC(F)(F)F. The van der Waals surface area contributed by atoms with E-state index in [9.17, 15) is 18.0 Å². The van der Waals surface area contributed by atoms with Gasteiger partial charge in [-0.3, -0.25) is 4.79 Å². The van der Waals surface area contributed by atoms with Gasteiger partial charge in [-0.15, -0.1) is 0 Å². The molecule has 17 heavy (non-hydrogen) atoms. The number of carbonyl (C=O) groups is 1. The number of nitrogens with zero attached hydrogens (tertiary/aromatic N) is 1. The van der Waals surface area contributed by atoms with Crippen LogP contribution < -0.4 is 5.32 Å². The summed E-state index contributed by atoms with van der Waals surface area (Å²) < 4.78 is 36.8. The van der Waals surface area contributed by atoms with Crippen LogP contribution in [-0.2, 0) is 4.79 Å². The molecular weight excluding hydrogens is 279 g/mol. The third-order valence-electron chi connectivity index (χ3n) is 1.54. The first-order valence-electron chi connectivity index (χ1n) is 4.09. The molecule has 0 bridgehead atoms. The summed E-state index contributed by atoms with van der Waals surface area (Å²) in [6.45, 7) is 1.13. The molecule has 0 aliphatic carbocycles. The lowest BCUT2D eigenvalue weighted by Crippen LogP contribution is -2.08. The fourth-order valence-electron chi connectivity index (χ4n) is 1.04. The molecule has 1 aromatic rings. The summed E-state index contributed by atoms with van der Waals surface area (Å²) in [7, 11) is 0. The molecule has 0 unspecified atom stereocenters. The number of hydrogen-bond donors (Lipinski definition) is 2. The molecule has 0 atom stereocenters. The molecule has 1 amide bonds. The van der Waals surface area contributed by atoms with Gasteiger partial charge in [-0.1, -0.05) is 11.6 Å². The van der Waals surface area contributed by atoms with E-state index in [1.165, 1.54) is 0 Å². The minimum atomic E-state index is -4.58. The summed E-state index contributed by atoms with van der Waals surface area (Å²) in [5, 5.41) is 10.6. The fraction of sp³-hybridized carbons (Fsp3) is 0.250. The van der Waals surface area contributed by atoms with Crippen LogP contribution in [0.3, 0.4) is 0 Å². The average Bonchev–Trinajstić information content (AvgIpc) is 2.39. The lowest BCUT2D eigenvalue weighted by atomic mass is 10.4. The van der Waals surface area contributed by atoms with E-state index in [0.717, 1.165) is 6.92 Å². The molecule has 92 valence electrons. The zero-order valence-electron chi connectivity index (χ0n) is 8.28. The number of rotatable bonds is 2. The minimum Gasteiger partial charge on any atom is -0.330 e. The van der Waals surface area contributed by atoms with E-state index in [4.69, 9.17) is 16.9 Å². The molecule has 0 fully saturated rings. The van der Waals surface area contributed by atoms with Gasteiger partial charge in [0, 0.05) is 6.92 Å². The van der Waals surface area contributed by atoms with Crippen molar-refractivity contribution in [2.75, 3.05) is 5.32 Å². The Hall–Kier alpha value is -1.33. The Balaban J connectivity index is 3.22. The van der Waals surface area contributed by atoms with Crippen molar-refractivity contribution in [1.82, 2.24) is 4.98 Å². The molecule has 1 heterocycles. The molecule has 9 heteroatoms. The molecule has 0 spiro atoms. The number of halogens is 4. The maximum absolute atomic E-state index is 12.3. The quantitative estimate of drug-likeness (QED) is 0.820. The first-order chi connectivity index (χ1) is 7.74. The Morgan fingerprint density at radius 3 is 2.59 bits per heavy atom. The van der Waals surface area contributed by atoms with Crippen molar-refractivity contribution in [3.8, 4) is 6.07 Å². The molecular formula is C8H5ClF3N3OS. The van der Waals surface area contributed by atoms with Crippen LogP contribution in [0.2, 0.25) is 5.15 Å². The van der Waals surface area contributed by atoms with Crippen molar-refractivity contribution in [2.45, 2.75) is 17.3 Å². The van der Waals surface area contributed by atoms with Crippen molar-refractivity contribution >= 4 is 35.1 Å². The lowest BCUT2D eigenvalue weighted by Gasteiger charge is -2.07. The largest absolute Gasteiger partial charge is 0.446 e. The summed E-state index contributed by atoms with van der Waals surface area (Å²) >= 11 is 5.04. The Morgan fingerprint density at radius 1 is 1.59 bits per heavy atom. The summed E-state index contributed by atoms with van der Waals surface area (Å²) in [5.74, 6) is -0.808. The molecule has 4 nitrogen and oxygen atoms in total. The lowest BCUT2D eigenvalue weighted by molar-refractivity contribution is -0.114. The minimum absolute atomic E-state index is 0.235. The fourth-order valence-corrected chi connectivity index (χ4v) is 2.01. The van der Waals surface area contributed by atoms with Gasteiger partial charge in [-0.25, -0.2) is 0 Å². The van der Waals surface area contributed by atoms with E-state index in [2.05, 4.69) is 10.3 Å². The second-order valence-electron chi connectivity index (χ2n) is 2.86. The van der Waals surface area contributed by atoms with Crippen LogP contribution in [0.4, 0.5) is 19.0 Å². The number of alkyl halides is 3. The number of nitrogens with one attached hydrogen (secondary N) is 2. The Morgan fingerprint density at radius 2 is 2.18 bits per heavy atom. The Bertz CT molecular complexity index is 491. The molecule has 0 aliphatic rings. The smallest absolute Gasteiger partial charge is 0.330 e. The van der Waals surface area contributed by atoms with Gasteiger partial charge in [0.15, 0.2) is 0 Å². The molecule has 0 aromatic carbocycles. The highest BCUT2D eigenvalue weighted by molar-refractivity contribution is 8.00. The number of anilines is 1. The van der Waals surface area contributed by atoms with Crippen LogP contribution in [0.15, 0.2) is 4.90 Å². The van der Waals surface area contributed by atoms with E-state index < -0.39 is 28.1 Å². The van der Waals surface area contributed by atoms with Crippen LogP contribution in [-0.4, -0.2) is 16.4 Å². The Kier molecular flexibility index (Phi) is 3.95. The van der Waals surface area contributed by atoms with E-state index in [1.54, 1.807) is 6.07 Å². The third kappa shape index (κ3) is 3.57. The first-order valence-corrected chi connectivity index (χ1v) is 5.29. The van der Waals surface area contributed by atoms with Crippen LogP contribution in [0.1, 0.15) is 12.5 Å². The number of amides is 1. The summed E-state index contributed by atoms with van der Waals surface area (Å²) in [6, 6.07) is 1.54. The van der Waals surface area contributed by atoms with Gasteiger partial charge < -0.3 is 10.3 Å². The number of H-pyrrole nitrogens is 1. The first kappa shape index (κ1) is 13.7. The highest BCUT2D eigenvalue weighted by atomic mass is 35.5. The number of hydrogen-bond acceptors (Lipinski definition) is 3. The molecule has 0 saturated carbocycles. The van der Waals surface area contributed by atoms with E-state index in [-0.39, 0.29) is 16.5 Å². The van der Waals surface area contributed by atoms with E-state index in [0.29, 0.717) is 0 Å². The monoisotopic (exact) mass is 283 g/mol. The zero-order valence-corrected chi connectivity index (χ0v) is 9.85. The topological polar surface area (TPSA) is 68.7 Å². The van der Waals surface area contributed by atoms with Crippen LogP contribution in [0.5, 0.6) is 0 Å². The standard InChI is InChI=1S/C8H5ClF3N3OS/c1-3(16)14-7-5(17-8(10,11)12)4(2-13)6(9)15-7/h15H,1H3,(H,14,16). The average molecular weight is 284 g/mol. The number of aromatic amines is 1. The predicted octanol–water partition coefficient (Wildman–Crippen LogP) is 3.11. The Labute approximate surface area is 103 Å². The number of thioether (sulfide) groups is 1. The maximum Gasteiger partial charge on any atom is 0.446 e. The number of carbonyl (C=O) groups excluding carboxylic acids is 1. The predicted molar refractivity (Wildman–Crippen MR) is 56.7 cm³/mol. The van der Waals surface area contributed by atoms with Gasteiger partial charge >= 0.3 is 5.51 Å². The highest BCUT2D eigenvalue weighted by Crippen LogP contribution is 2.44. The molecule has 0 saturated heterocycles. The molecule has 0 radical (unpaired) electrons.